The molecule has 1 amide bonds. The quantitative estimate of drug-likeness (QED) is 0.762. The lowest BCUT2D eigenvalue weighted by Crippen LogP contribution is -2.36. The van der Waals surface area contributed by atoms with Crippen LogP contribution in [-0.2, 0) is 9.59 Å². The van der Waals surface area contributed by atoms with Crippen LogP contribution in [0.5, 0.6) is 0 Å². The van der Waals surface area contributed by atoms with Gasteiger partial charge in [-0.15, -0.1) is 0 Å². The molecule has 19 heavy (non-hydrogen) atoms. The summed E-state index contributed by atoms with van der Waals surface area (Å²) in [5.74, 6) is -0.0603. The van der Waals surface area contributed by atoms with Crippen LogP contribution in [0.15, 0.2) is 0 Å². The SMILES string of the molecule is CC(C)CC(CN)CC(=O)N1CCC(C)(C(=O)O)C1. The minimum absolute atomic E-state index is 0.0427. The van der Waals surface area contributed by atoms with Gasteiger partial charge >= 0.3 is 5.97 Å². The topological polar surface area (TPSA) is 83.6 Å². The van der Waals surface area contributed by atoms with E-state index in [0.717, 1.165) is 6.42 Å². The van der Waals surface area contributed by atoms with Crippen LogP contribution < -0.4 is 5.73 Å². The number of carbonyl (C=O) groups excluding carboxylic acids is 1. The number of carbonyl (C=O) groups is 2. The fourth-order valence-corrected chi connectivity index (χ4v) is 2.65. The minimum atomic E-state index is -0.819. The molecule has 0 aromatic carbocycles. The predicted octanol–water partition coefficient (Wildman–Crippen LogP) is 1.32. The van der Waals surface area contributed by atoms with E-state index in [4.69, 9.17) is 10.8 Å². The number of amides is 1. The summed E-state index contributed by atoms with van der Waals surface area (Å²) >= 11 is 0. The van der Waals surface area contributed by atoms with Crippen molar-refractivity contribution in [3.63, 3.8) is 0 Å². The van der Waals surface area contributed by atoms with E-state index in [1.807, 2.05) is 0 Å². The maximum absolute atomic E-state index is 12.2. The highest BCUT2D eigenvalue weighted by Crippen LogP contribution is 2.31. The number of carboxylic acids is 1. The molecule has 0 aromatic rings. The van der Waals surface area contributed by atoms with Gasteiger partial charge in [0.1, 0.15) is 0 Å². The van der Waals surface area contributed by atoms with Gasteiger partial charge in [0.05, 0.1) is 5.41 Å². The summed E-state index contributed by atoms with van der Waals surface area (Å²) in [6, 6.07) is 0. The highest BCUT2D eigenvalue weighted by molar-refractivity contribution is 5.80. The van der Waals surface area contributed by atoms with E-state index in [2.05, 4.69) is 13.8 Å². The van der Waals surface area contributed by atoms with Crippen molar-refractivity contribution in [2.45, 2.75) is 40.0 Å². The van der Waals surface area contributed by atoms with E-state index in [9.17, 15) is 9.59 Å². The Labute approximate surface area is 115 Å². The lowest BCUT2D eigenvalue weighted by molar-refractivity contribution is -0.147. The van der Waals surface area contributed by atoms with Gasteiger partial charge in [0.25, 0.3) is 0 Å². The normalized spacial score (nSPS) is 24.8. The summed E-state index contributed by atoms with van der Waals surface area (Å²) in [7, 11) is 0. The fraction of sp³-hybridized carbons (Fsp3) is 0.857. The number of likely N-dealkylation sites (tertiary alicyclic amines) is 1. The molecule has 0 saturated carbocycles. The second-order valence-corrected chi connectivity index (χ2v) is 6.37. The molecule has 1 aliphatic heterocycles. The smallest absolute Gasteiger partial charge is 0.311 e. The molecule has 1 aliphatic rings. The molecule has 0 aliphatic carbocycles. The van der Waals surface area contributed by atoms with Crippen molar-refractivity contribution >= 4 is 11.9 Å². The van der Waals surface area contributed by atoms with Crippen LogP contribution in [-0.4, -0.2) is 41.5 Å². The van der Waals surface area contributed by atoms with Gasteiger partial charge in [0.15, 0.2) is 0 Å². The Morgan fingerprint density at radius 3 is 2.47 bits per heavy atom. The maximum Gasteiger partial charge on any atom is 0.311 e. The standard InChI is InChI=1S/C14H26N2O3/c1-10(2)6-11(8-15)7-12(17)16-5-4-14(3,9-16)13(18)19/h10-11H,4-9,15H2,1-3H3,(H,18,19). The number of rotatable bonds is 6. The zero-order valence-corrected chi connectivity index (χ0v) is 12.2. The van der Waals surface area contributed by atoms with Crippen molar-refractivity contribution < 1.29 is 14.7 Å². The van der Waals surface area contributed by atoms with Gasteiger partial charge < -0.3 is 15.7 Å². The first-order valence-electron chi connectivity index (χ1n) is 6.99. The van der Waals surface area contributed by atoms with Gasteiger partial charge in [-0.1, -0.05) is 13.8 Å². The van der Waals surface area contributed by atoms with Crippen LogP contribution in [0.4, 0.5) is 0 Å². The number of nitrogens with two attached hydrogens (primary N) is 1. The Morgan fingerprint density at radius 1 is 1.42 bits per heavy atom. The van der Waals surface area contributed by atoms with Gasteiger partial charge in [0.2, 0.25) is 5.91 Å². The van der Waals surface area contributed by atoms with E-state index >= 15 is 0 Å². The summed E-state index contributed by atoms with van der Waals surface area (Å²) < 4.78 is 0. The number of hydrogen-bond donors (Lipinski definition) is 2. The number of nitrogens with zero attached hydrogens (tertiary/aromatic N) is 1. The van der Waals surface area contributed by atoms with Crippen LogP contribution in [0.2, 0.25) is 0 Å². The first-order valence-corrected chi connectivity index (χ1v) is 6.99. The molecule has 0 aromatic heterocycles. The summed E-state index contributed by atoms with van der Waals surface area (Å²) in [5, 5.41) is 9.16. The van der Waals surface area contributed by atoms with Crippen LogP contribution in [0.25, 0.3) is 0 Å². The number of hydrogen-bond acceptors (Lipinski definition) is 3. The lowest BCUT2D eigenvalue weighted by atomic mass is 9.90. The summed E-state index contributed by atoms with van der Waals surface area (Å²) in [5.41, 5.74) is 4.92. The lowest BCUT2D eigenvalue weighted by Gasteiger charge is -2.23. The highest BCUT2D eigenvalue weighted by atomic mass is 16.4. The molecule has 0 bridgehead atoms. The Bertz CT molecular complexity index is 344. The second-order valence-electron chi connectivity index (χ2n) is 6.37. The Morgan fingerprint density at radius 2 is 2.05 bits per heavy atom. The monoisotopic (exact) mass is 270 g/mol. The average molecular weight is 270 g/mol. The molecule has 3 N–H and O–H groups in total. The molecule has 2 unspecified atom stereocenters. The third-order valence-electron chi connectivity index (χ3n) is 3.94. The molecule has 5 heteroatoms. The largest absolute Gasteiger partial charge is 0.481 e. The summed E-state index contributed by atoms with van der Waals surface area (Å²) in [4.78, 5) is 25.0. The molecule has 1 heterocycles. The van der Waals surface area contributed by atoms with E-state index in [-0.39, 0.29) is 11.8 Å². The van der Waals surface area contributed by atoms with Crippen molar-refractivity contribution in [1.82, 2.24) is 4.90 Å². The third-order valence-corrected chi connectivity index (χ3v) is 3.94. The molecule has 1 rings (SSSR count). The zero-order valence-electron chi connectivity index (χ0n) is 12.2. The average Bonchev–Trinajstić information content (AvgIpc) is 2.72. The zero-order chi connectivity index (χ0) is 14.6. The van der Waals surface area contributed by atoms with Crippen LogP contribution in [0, 0.1) is 17.3 Å². The van der Waals surface area contributed by atoms with E-state index in [1.165, 1.54) is 0 Å². The first-order chi connectivity index (χ1) is 8.78. The van der Waals surface area contributed by atoms with E-state index < -0.39 is 11.4 Å². The van der Waals surface area contributed by atoms with Crippen LogP contribution >= 0.6 is 0 Å². The van der Waals surface area contributed by atoms with Crippen molar-refractivity contribution in [2.24, 2.45) is 23.0 Å². The molecule has 5 nitrogen and oxygen atoms in total. The first kappa shape index (κ1) is 16.0. The number of aliphatic carboxylic acids is 1. The molecule has 1 fully saturated rings. The summed E-state index contributed by atoms with van der Waals surface area (Å²) in [6.45, 7) is 7.31. The van der Waals surface area contributed by atoms with Crippen LogP contribution in [0.1, 0.15) is 40.0 Å². The molecular formula is C14H26N2O3. The maximum atomic E-state index is 12.2. The van der Waals surface area contributed by atoms with Gasteiger partial charge in [-0.05, 0) is 38.1 Å². The van der Waals surface area contributed by atoms with Crippen LogP contribution in [0.3, 0.4) is 0 Å². The van der Waals surface area contributed by atoms with Crippen molar-refractivity contribution in [3.05, 3.63) is 0 Å². The van der Waals surface area contributed by atoms with E-state index in [0.29, 0.717) is 38.4 Å². The van der Waals surface area contributed by atoms with Gasteiger partial charge in [-0.25, -0.2) is 0 Å². The summed E-state index contributed by atoms with van der Waals surface area (Å²) in [6.07, 6.45) is 1.90. The Kier molecular flexibility index (Phi) is 5.35. The molecule has 2 atom stereocenters. The minimum Gasteiger partial charge on any atom is -0.481 e. The molecule has 0 radical (unpaired) electrons. The van der Waals surface area contributed by atoms with Crippen molar-refractivity contribution in [1.29, 1.82) is 0 Å². The Balaban J connectivity index is 2.53. The molecule has 1 saturated heterocycles. The third kappa shape index (κ3) is 4.20. The molecule has 0 spiro atoms. The van der Waals surface area contributed by atoms with Crippen molar-refractivity contribution in [2.75, 3.05) is 19.6 Å². The Hall–Kier alpha value is -1.10. The number of carboxylic acid groups (broad SMARTS) is 1. The van der Waals surface area contributed by atoms with E-state index in [1.54, 1.807) is 11.8 Å². The van der Waals surface area contributed by atoms with Crippen molar-refractivity contribution in [3.8, 4) is 0 Å². The highest BCUT2D eigenvalue weighted by Gasteiger charge is 2.42. The van der Waals surface area contributed by atoms with Gasteiger partial charge in [-0.3, -0.25) is 9.59 Å². The fourth-order valence-electron chi connectivity index (χ4n) is 2.65. The predicted molar refractivity (Wildman–Crippen MR) is 73.6 cm³/mol. The second kappa shape index (κ2) is 6.37. The molecular weight excluding hydrogens is 244 g/mol. The van der Waals surface area contributed by atoms with Gasteiger partial charge in [-0.2, -0.15) is 0 Å². The molecule has 110 valence electrons. The van der Waals surface area contributed by atoms with Gasteiger partial charge in [0, 0.05) is 19.5 Å².